The molecule has 0 N–H and O–H groups in total. The van der Waals surface area contributed by atoms with Crippen molar-refractivity contribution in [2.75, 3.05) is 4.90 Å². The Kier molecular flexibility index (Phi) is 5.57. The second-order valence-corrected chi connectivity index (χ2v) is 11.9. The lowest BCUT2D eigenvalue weighted by atomic mass is 9.89. The van der Waals surface area contributed by atoms with Crippen LogP contribution in [0.15, 0.2) is 152 Å². The second-order valence-electron chi connectivity index (χ2n) is 11.9. The van der Waals surface area contributed by atoms with Crippen LogP contribution >= 0.6 is 0 Å². The SMILES string of the molecule is C1=CC2c3c(c4c(nc(-c5ccncc5)n4-c4ccncn4)c4c5ccccc5n(-c5ccccc5)c34)N(c3ccccc3)C2C=C1. The molecule has 222 valence electrons. The zero-order valence-electron chi connectivity index (χ0n) is 25.2. The van der Waals surface area contributed by atoms with E-state index in [0.717, 1.165) is 61.6 Å². The van der Waals surface area contributed by atoms with Crippen molar-refractivity contribution in [3.8, 4) is 22.9 Å². The quantitative estimate of drug-likeness (QED) is 0.201. The summed E-state index contributed by atoms with van der Waals surface area (Å²) in [4.78, 5) is 21.5. The van der Waals surface area contributed by atoms with Gasteiger partial charge in [-0.05, 0) is 48.5 Å². The summed E-state index contributed by atoms with van der Waals surface area (Å²) in [6.45, 7) is 0. The molecule has 0 saturated heterocycles. The molecule has 0 radical (unpaired) electrons. The van der Waals surface area contributed by atoms with Crippen molar-refractivity contribution in [2.24, 2.45) is 0 Å². The van der Waals surface area contributed by atoms with Crippen molar-refractivity contribution in [3.05, 3.63) is 158 Å². The molecule has 1 aliphatic heterocycles. The number of hydrogen-bond donors (Lipinski definition) is 0. The average molecular weight is 606 g/mol. The lowest BCUT2D eigenvalue weighted by Gasteiger charge is -2.29. The van der Waals surface area contributed by atoms with Gasteiger partial charge in [0.1, 0.15) is 23.5 Å². The maximum atomic E-state index is 5.57. The fourth-order valence-corrected chi connectivity index (χ4v) is 7.67. The van der Waals surface area contributed by atoms with Gasteiger partial charge in [-0.1, -0.05) is 78.9 Å². The predicted octanol–water partition coefficient (Wildman–Crippen LogP) is 8.70. The van der Waals surface area contributed by atoms with E-state index in [0.29, 0.717) is 0 Å². The van der Waals surface area contributed by atoms with Crippen LogP contribution in [0, 0.1) is 0 Å². The van der Waals surface area contributed by atoms with Gasteiger partial charge in [0.2, 0.25) is 0 Å². The molecule has 1 aliphatic carbocycles. The third kappa shape index (κ3) is 3.68. The van der Waals surface area contributed by atoms with E-state index in [1.54, 1.807) is 12.5 Å². The number of allylic oxidation sites excluding steroid dienone is 2. The Bertz CT molecular complexity index is 2520. The number of para-hydroxylation sites is 3. The normalized spacial score (nSPS) is 16.7. The van der Waals surface area contributed by atoms with Gasteiger partial charge in [0.25, 0.3) is 0 Å². The van der Waals surface area contributed by atoms with Gasteiger partial charge in [-0.25, -0.2) is 15.0 Å². The Morgan fingerprint density at radius 2 is 1.34 bits per heavy atom. The summed E-state index contributed by atoms with van der Waals surface area (Å²) in [6, 6.07) is 36.2. The Hall–Kier alpha value is -6.34. The van der Waals surface area contributed by atoms with E-state index in [4.69, 9.17) is 9.97 Å². The molecule has 0 saturated carbocycles. The molecule has 7 nitrogen and oxygen atoms in total. The number of aromatic nitrogens is 6. The van der Waals surface area contributed by atoms with Crippen molar-refractivity contribution in [1.82, 2.24) is 29.1 Å². The van der Waals surface area contributed by atoms with E-state index >= 15 is 0 Å². The fraction of sp³-hybridized carbons (Fsp3) is 0.0500. The van der Waals surface area contributed by atoms with Gasteiger partial charge >= 0.3 is 0 Å². The van der Waals surface area contributed by atoms with E-state index in [2.05, 4.69) is 133 Å². The molecule has 2 unspecified atom stereocenters. The molecule has 0 spiro atoms. The van der Waals surface area contributed by atoms with Crippen LogP contribution in [-0.4, -0.2) is 35.1 Å². The first-order valence-corrected chi connectivity index (χ1v) is 15.8. The topological polar surface area (TPSA) is 64.7 Å². The van der Waals surface area contributed by atoms with Crippen LogP contribution in [0.3, 0.4) is 0 Å². The van der Waals surface area contributed by atoms with Gasteiger partial charge in [-0.2, -0.15) is 0 Å². The van der Waals surface area contributed by atoms with Crippen LogP contribution in [-0.2, 0) is 0 Å². The zero-order chi connectivity index (χ0) is 30.9. The molecule has 0 bridgehead atoms. The van der Waals surface area contributed by atoms with Crippen molar-refractivity contribution >= 4 is 44.2 Å². The highest BCUT2D eigenvalue weighted by molar-refractivity contribution is 6.25. The summed E-state index contributed by atoms with van der Waals surface area (Å²) in [5.74, 6) is 1.67. The van der Waals surface area contributed by atoms with E-state index < -0.39 is 0 Å². The van der Waals surface area contributed by atoms with Crippen molar-refractivity contribution in [3.63, 3.8) is 0 Å². The van der Waals surface area contributed by atoms with Crippen LogP contribution in [0.5, 0.6) is 0 Å². The van der Waals surface area contributed by atoms with Crippen LogP contribution in [0.4, 0.5) is 11.4 Å². The van der Waals surface area contributed by atoms with Gasteiger partial charge in [-0.3, -0.25) is 9.55 Å². The van der Waals surface area contributed by atoms with Gasteiger partial charge in [0, 0.05) is 57.8 Å². The Labute approximate surface area is 270 Å². The van der Waals surface area contributed by atoms with Gasteiger partial charge < -0.3 is 9.47 Å². The number of hydrogen-bond acceptors (Lipinski definition) is 5. The molecule has 7 heteroatoms. The molecule has 2 atom stereocenters. The number of pyridine rings is 1. The number of imidazole rings is 1. The highest BCUT2D eigenvalue weighted by Crippen LogP contribution is 2.56. The molecular formula is C40H27N7. The minimum Gasteiger partial charge on any atom is -0.331 e. The smallest absolute Gasteiger partial charge is 0.147 e. The summed E-state index contributed by atoms with van der Waals surface area (Å²) in [6.07, 6.45) is 16.1. The molecular weight excluding hydrogens is 578 g/mol. The first-order valence-electron chi connectivity index (χ1n) is 15.8. The molecule has 0 fully saturated rings. The highest BCUT2D eigenvalue weighted by Gasteiger charge is 2.43. The highest BCUT2D eigenvalue weighted by atomic mass is 15.2. The summed E-state index contributed by atoms with van der Waals surface area (Å²) < 4.78 is 4.66. The second kappa shape index (κ2) is 10.1. The summed E-state index contributed by atoms with van der Waals surface area (Å²) >= 11 is 0. The molecule has 4 aromatic carbocycles. The van der Waals surface area contributed by atoms with Gasteiger partial charge in [0.15, 0.2) is 0 Å². The molecule has 2 aliphatic rings. The standard InChI is InChI=1S/C40H27N7/c1-3-11-27(12-4-1)45-31-17-9-7-15-29(31)34-36-39(47(33-21-24-42-25-43-33)40(44-36)26-19-22-41-23-20-26)38-35(37(34)45)30-16-8-10-18-32(30)46(38)28-13-5-2-6-14-28/h1-25,30,32H. The molecule has 10 rings (SSSR count). The van der Waals surface area contributed by atoms with Crippen molar-refractivity contribution in [1.29, 1.82) is 0 Å². The molecule has 8 aromatic rings. The zero-order valence-corrected chi connectivity index (χ0v) is 25.2. The largest absolute Gasteiger partial charge is 0.331 e. The molecule has 47 heavy (non-hydrogen) atoms. The lowest BCUT2D eigenvalue weighted by Crippen LogP contribution is -2.28. The van der Waals surface area contributed by atoms with Crippen molar-refractivity contribution < 1.29 is 0 Å². The third-order valence-electron chi connectivity index (χ3n) is 9.48. The number of anilines is 2. The minimum atomic E-state index is 0.0755. The van der Waals surface area contributed by atoms with Crippen LogP contribution < -0.4 is 4.90 Å². The Balaban J connectivity index is 1.50. The van der Waals surface area contributed by atoms with Crippen molar-refractivity contribution in [2.45, 2.75) is 12.0 Å². The minimum absolute atomic E-state index is 0.0755. The Morgan fingerprint density at radius 3 is 2.13 bits per heavy atom. The van der Waals surface area contributed by atoms with E-state index in [1.165, 1.54) is 11.1 Å². The van der Waals surface area contributed by atoms with E-state index in [9.17, 15) is 0 Å². The average Bonchev–Trinajstić information content (AvgIpc) is 3.81. The van der Waals surface area contributed by atoms with E-state index in [1.807, 2.05) is 30.6 Å². The first-order chi connectivity index (χ1) is 23.4. The Morgan fingerprint density at radius 1 is 0.617 bits per heavy atom. The van der Waals surface area contributed by atoms with Crippen LogP contribution in [0.2, 0.25) is 0 Å². The third-order valence-corrected chi connectivity index (χ3v) is 9.48. The number of nitrogens with zero attached hydrogens (tertiary/aromatic N) is 7. The monoisotopic (exact) mass is 605 g/mol. The summed E-state index contributed by atoms with van der Waals surface area (Å²) in [5, 5.41) is 2.30. The number of rotatable bonds is 4. The maximum Gasteiger partial charge on any atom is 0.147 e. The summed E-state index contributed by atoms with van der Waals surface area (Å²) in [7, 11) is 0. The first kappa shape index (κ1) is 25.9. The van der Waals surface area contributed by atoms with Gasteiger partial charge in [-0.15, -0.1) is 0 Å². The lowest BCUT2D eigenvalue weighted by molar-refractivity contribution is 0.746. The number of benzene rings is 4. The number of fused-ring (bicyclic) bond motifs is 10. The maximum absolute atomic E-state index is 5.57. The summed E-state index contributed by atoms with van der Waals surface area (Å²) in [5.41, 5.74) is 9.91. The van der Waals surface area contributed by atoms with E-state index in [-0.39, 0.29) is 12.0 Å². The van der Waals surface area contributed by atoms with Crippen LogP contribution in [0.1, 0.15) is 11.5 Å². The van der Waals surface area contributed by atoms with Gasteiger partial charge in [0.05, 0.1) is 28.3 Å². The molecule has 0 amide bonds. The molecule has 5 heterocycles. The predicted molar refractivity (Wildman–Crippen MR) is 188 cm³/mol. The van der Waals surface area contributed by atoms with Crippen LogP contribution in [0.25, 0.3) is 55.7 Å². The molecule has 4 aromatic heterocycles. The fourth-order valence-electron chi connectivity index (χ4n) is 7.67.